The molecule has 8 heteroatoms. The predicted molar refractivity (Wildman–Crippen MR) is 106 cm³/mol. The minimum absolute atomic E-state index is 0.0615. The maximum Gasteiger partial charge on any atom is 0.252 e. The quantitative estimate of drug-likeness (QED) is 0.318. The third kappa shape index (κ3) is 8.18. The molecule has 0 aromatic heterocycles. The summed E-state index contributed by atoms with van der Waals surface area (Å²) in [4.78, 5) is 29.1. The Kier molecular flexibility index (Phi) is 9.68. The summed E-state index contributed by atoms with van der Waals surface area (Å²) in [7, 11) is 1.43. The van der Waals surface area contributed by atoms with Crippen LogP contribution in [0.5, 0.6) is 5.75 Å². The number of carbonyl (C=O) groups excluding carboxylic acids is 2. The van der Waals surface area contributed by atoms with Crippen molar-refractivity contribution in [2.75, 3.05) is 20.3 Å². The molecule has 1 amide bonds. The van der Waals surface area contributed by atoms with Crippen LogP contribution < -0.4 is 15.8 Å². The van der Waals surface area contributed by atoms with Crippen molar-refractivity contribution in [1.82, 2.24) is 5.32 Å². The third-order valence-corrected chi connectivity index (χ3v) is 4.10. The Balaban J connectivity index is 2.70. The molecule has 0 aliphatic carbocycles. The Morgan fingerprint density at radius 3 is 2.61 bits per heavy atom. The minimum Gasteiger partial charge on any atom is -0.486 e. The molecule has 8 nitrogen and oxygen atoms in total. The van der Waals surface area contributed by atoms with Gasteiger partial charge in [-0.1, -0.05) is 18.2 Å². The number of amides is 1. The molecule has 3 N–H and O–H groups in total. The van der Waals surface area contributed by atoms with Crippen LogP contribution in [-0.2, 0) is 14.3 Å². The number of hydrogen-bond donors (Lipinski definition) is 2. The molecule has 0 saturated carbocycles. The van der Waals surface area contributed by atoms with E-state index in [0.29, 0.717) is 25.1 Å². The average molecular weight is 388 g/mol. The normalized spacial score (nSPS) is 12.7. The fourth-order valence-electron chi connectivity index (χ4n) is 2.17. The van der Waals surface area contributed by atoms with Gasteiger partial charge >= 0.3 is 0 Å². The van der Waals surface area contributed by atoms with Gasteiger partial charge in [-0.05, 0) is 38.8 Å². The van der Waals surface area contributed by atoms with Gasteiger partial charge in [0.1, 0.15) is 23.8 Å². The molecule has 28 heavy (non-hydrogen) atoms. The van der Waals surface area contributed by atoms with Gasteiger partial charge in [0.25, 0.3) is 5.91 Å². The lowest BCUT2D eigenvalue weighted by atomic mass is 10.0. The van der Waals surface area contributed by atoms with E-state index in [1.807, 2.05) is 24.3 Å². The van der Waals surface area contributed by atoms with Crippen molar-refractivity contribution >= 4 is 17.5 Å². The van der Waals surface area contributed by atoms with Gasteiger partial charge in [0, 0.05) is 13.7 Å². The lowest BCUT2D eigenvalue weighted by Gasteiger charge is -2.25. The molecule has 152 valence electrons. The molecule has 0 heterocycles. The molecule has 1 atom stereocenters. The maximum absolute atomic E-state index is 12.6. The number of nitrogens with two attached hydrogens (primary N) is 1. The second-order valence-electron chi connectivity index (χ2n) is 6.66. The van der Waals surface area contributed by atoms with E-state index in [1.54, 1.807) is 26.0 Å². The number of methoxy groups -OCH3 is 1. The Hall–Kier alpha value is -2.92. The van der Waals surface area contributed by atoms with Crippen molar-refractivity contribution in [2.24, 2.45) is 10.7 Å². The Labute approximate surface area is 165 Å². The second-order valence-corrected chi connectivity index (χ2v) is 6.66. The molecule has 0 bridgehead atoms. The van der Waals surface area contributed by atoms with Gasteiger partial charge < -0.3 is 20.5 Å². The molecule has 0 spiro atoms. The monoisotopic (exact) mass is 388 g/mol. The fourth-order valence-corrected chi connectivity index (χ4v) is 2.17. The van der Waals surface area contributed by atoms with Gasteiger partial charge in [-0.2, -0.15) is 5.26 Å². The first kappa shape index (κ1) is 23.1. The van der Waals surface area contributed by atoms with Gasteiger partial charge in [-0.3, -0.25) is 14.6 Å². The molecular formula is C20H28N4O4. The number of nitrogens with one attached hydrogen (secondary N) is 1. The van der Waals surface area contributed by atoms with Crippen molar-refractivity contribution in [3.63, 3.8) is 0 Å². The Morgan fingerprint density at radius 1 is 1.32 bits per heavy atom. The topological polar surface area (TPSA) is 127 Å². The van der Waals surface area contributed by atoms with Gasteiger partial charge in [-0.15, -0.1) is 0 Å². The summed E-state index contributed by atoms with van der Waals surface area (Å²) in [5.41, 5.74) is 4.52. The van der Waals surface area contributed by atoms with Crippen LogP contribution in [0.4, 0.5) is 0 Å². The smallest absolute Gasteiger partial charge is 0.252 e. The standard InChI is InChI=1S/C20H28N4O4/c1-20(2,27-3)19(26)24-16(10-7-13-23-18(22)11-12-21)17(25)14-28-15-8-5-4-6-9-15/h4-6,8-9,16H,7,10-11,13-14H2,1-3H3,(H2,22,23)(H,24,26)/t16-/m0/s1. The zero-order chi connectivity index (χ0) is 21.0. The zero-order valence-corrected chi connectivity index (χ0v) is 16.6. The number of Topliss-reactive ketones (excluding diaryl/α,β-unsaturated/α-hetero) is 1. The number of nitrogens with zero attached hydrogens (tertiary/aromatic N) is 2. The van der Waals surface area contributed by atoms with Crippen molar-refractivity contribution < 1.29 is 19.1 Å². The van der Waals surface area contributed by atoms with Crippen LogP contribution in [0, 0.1) is 11.3 Å². The van der Waals surface area contributed by atoms with Gasteiger partial charge in [0.05, 0.1) is 18.5 Å². The number of amidine groups is 1. The summed E-state index contributed by atoms with van der Waals surface area (Å²) >= 11 is 0. The number of hydrogen-bond acceptors (Lipinski definition) is 6. The Bertz CT molecular complexity index is 711. The molecule has 1 rings (SSSR count). The van der Waals surface area contributed by atoms with Crippen LogP contribution in [0.15, 0.2) is 35.3 Å². The van der Waals surface area contributed by atoms with Crippen molar-refractivity contribution in [1.29, 1.82) is 5.26 Å². The highest BCUT2D eigenvalue weighted by Gasteiger charge is 2.31. The van der Waals surface area contributed by atoms with E-state index in [1.165, 1.54) is 7.11 Å². The number of carbonyl (C=O) groups is 2. The number of aliphatic imine (C=N–C) groups is 1. The summed E-state index contributed by atoms with van der Waals surface area (Å²) in [6.45, 7) is 3.44. The molecule has 1 aromatic rings. The molecule has 0 unspecified atom stereocenters. The van der Waals surface area contributed by atoms with Gasteiger partial charge in [-0.25, -0.2) is 0 Å². The van der Waals surface area contributed by atoms with Crippen molar-refractivity contribution in [3.05, 3.63) is 30.3 Å². The lowest BCUT2D eigenvalue weighted by molar-refractivity contribution is -0.142. The molecule has 0 aliphatic heterocycles. The van der Waals surface area contributed by atoms with E-state index in [-0.39, 0.29) is 30.6 Å². The average Bonchev–Trinajstić information content (AvgIpc) is 2.69. The second kappa shape index (κ2) is 11.7. The molecule has 1 aromatic carbocycles. The SMILES string of the molecule is COC(C)(C)C(=O)N[C@@H](CCCN=C(N)CC#N)C(=O)COc1ccccc1. The van der Waals surface area contributed by atoms with E-state index in [9.17, 15) is 9.59 Å². The van der Waals surface area contributed by atoms with Gasteiger partial charge in [0.2, 0.25) is 0 Å². The summed E-state index contributed by atoms with van der Waals surface area (Å²) < 4.78 is 10.7. The highest BCUT2D eigenvalue weighted by atomic mass is 16.5. The van der Waals surface area contributed by atoms with Crippen molar-refractivity contribution in [3.8, 4) is 11.8 Å². The van der Waals surface area contributed by atoms with E-state index in [0.717, 1.165) is 0 Å². The lowest BCUT2D eigenvalue weighted by Crippen LogP contribution is -2.51. The van der Waals surface area contributed by atoms with Crippen LogP contribution in [-0.4, -0.2) is 49.4 Å². The van der Waals surface area contributed by atoms with Crippen molar-refractivity contribution in [2.45, 2.75) is 44.8 Å². The number of ketones is 1. The summed E-state index contributed by atoms with van der Waals surface area (Å²) in [6.07, 6.45) is 0.944. The number of ether oxygens (including phenoxy) is 2. The first-order valence-electron chi connectivity index (χ1n) is 9.02. The Morgan fingerprint density at radius 2 is 2.00 bits per heavy atom. The molecule has 0 saturated heterocycles. The van der Waals surface area contributed by atoms with Crippen LogP contribution >= 0.6 is 0 Å². The van der Waals surface area contributed by atoms with E-state index in [4.69, 9.17) is 20.5 Å². The highest BCUT2D eigenvalue weighted by molar-refractivity contribution is 5.92. The van der Waals surface area contributed by atoms with Crippen LogP contribution in [0.3, 0.4) is 0 Å². The zero-order valence-electron chi connectivity index (χ0n) is 16.6. The van der Waals surface area contributed by atoms with E-state index >= 15 is 0 Å². The highest BCUT2D eigenvalue weighted by Crippen LogP contribution is 2.11. The van der Waals surface area contributed by atoms with E-state index < -0.39 is 11.6 Å². The van der Waals surface area contributed by atoms with Crippen LogP contribution in [0.25, 0.3) is 0 Å². The maximum atomic E-state index is 12.6. The molecule has 0 radical (unpaired) electrons. The van der Waals surface area contributed by atoms with Gasteiger partial charge in [0.15, 0.2) is 5.78 Å². The summed E-state index contributed by atoms with van der Waals surface area (Å²) in [5, 5.41) is 11.3. The number of nitriles is 1. The molecule has 0 fully saturated rings. The third-order valence-electron chi connectivity index (χ3n) is 4.10. The summed E-state index contributed by atoms with van der Waals surface area (Å²) in [5.74, 6) is 0.188. The minimum atomic E-state index is -1.06. The number of benzene rings is 1. The number of para-hydroxylation sites is 1. The van der Waals surface area contributed by atoms with Crippen LogP contribution in [0.1, 0.15) is 33.1 Å². The molecule has 0 aliphatic rings. The molecular weight excluding hydrogens is 360 g/mol. The van der Waals surface area contributed by atoms with E-state index in [2.05, 4.69) is 10.3 Å². The first-order valence-corrected chi connectivity index (χ1v) is 9.02. The summed E-state index contributed by atoms with van der Waals surface area (Å²) in [6, 6.07) is 10.2. The largest absolute Gasteiger partial charge is 0.486 e. The number of rotatable bonds is 12. The predicted octanol–water partition coefficient (Wildman–Crippen LogP) is 1.60. The van der Waals surface area contributed by atoms with Crippen LogP contribution in [0.2, 0.25) is 0 Å². The fraction of sp³-hybridized carbons (Fsp3) is 0.500. The first-order chi connectivity index (χ1) is 13.3.